The van der Waals surface area contributed by atoms with Crippen molar-refractivity contribution in [3.63, 3.8) is 0 Å². The lowest BCUT2D eigenvalue weighted by atomic mass is 10.0. The van der Waals surface area contributed by atoms with E-state index in [0.29, 0.717) is 0 Å². The van der Waals surface area contributed by atoms with Gasteiger partial charge in [-0.05, 0) is 28.8 Å². The molecular formula is C16H17BrN2O2S. The van der Waals surface area contributed by atoms with E-state index in [-0.39, 0.29) is 4.90 Å². The molecule has 0 aliphatic rings. The van der Waals surface area contributed by atoms with E-state index in [1.54, 1.807) is 37.2 Å². The fraction of sp³-hybridized carbons (Fsp3) is 0.188. The molecule has 0 amide bonds. The van der Waals surface area contributed by atoms with Crippen LogP contribution < -0.4 is 0 Å². The number of hydrogen-bond donors (Lipinski definition) is 0. The zero-order chi connectivity index (χ0) is 16.2. The third-order valence-corrected chi connectivity index (χ3v) is 4.86. The Kier molecular flexibility index (Phi) is 5.37. The van der Waals surface area contributed by atoms with Crippen LogP contribution in [-0.2, 0) is 15.4 Å². The van der Waals surface area contributed by atoms with Gasteiger partial charge in [-0.3, -0.25) is 0 Å². The summed E-state index contributed by atoms with van der Waals surface area (Å²) in [7, 11) is -0.232. The predicted octanol–water partition coefficient (Wildman–Crippen LogP) is 3.53. The lowest BCUT2D eigenvalue weighted by Gasteiger charge is -2.06. The zero-order valence-electron chi connectivity index (χ0n) is 12.4. The first kappa shape index (κ1) is 16.7. The maximum Gasteiger partial charge on any atom is 0.283 e. The smallest absolute Gasteiger partial charge is 0.283 e. The molecule has 0 saturated heterocycles. The molecule has 0 atom stereocenters. The van der Waals surface area contributed by atoms with Gasteiger partial charge in [0.1, 0.15) is 6.34 Å². The van der Waals surface area contributed by atoms with Crippen LogP contribution in [-0.4, -0.2) is 33.8 Å². The van der Waals surface area contributed by atoms with E-state index < -0.39 is 10.0 Å². The average Bonchev–Trinajstić information content (AvgIpc) is 2.53. The highest BCUT2D eigenvalue weighted by molar-refractivity contribution is 9.08. The average molecular weight is 381 g/mol. The number of benzene rings is 2. The lowest BCUT2D eigenvalue weighted by molar-refractivity contribution is 0.595. The molecule has 0 saturated carbocycles. The summed E-state index contributed by atoms with van der Waals surface area (Å²) in [6.45, 7) is 0. The first-order valence-electron chi connectivity index (χ1n) is 6.64. The van der Waals surface area contributed by atoms with Crippen molar-refractivity contribution in [2.75, 3.05) is 14.1 Å². The highest BCUT2D eigenvalue weighted by atomic mass is 79.9. The molecule has 0 N–H and O–H groups in total. The van der Waals surface area contributed by atoms with E-state index in [4.69, 9.17) is 0 Å². The Morgan fingerprint density at radius 2 is 1.77 bits per heavy atom. The van der Waals surface area contributed by atoms with E-state index in [9.17, 15) is 8.42 Å². The summed E-state index contributed by atoms with van der Waals surface area (Å²) in [5, 5.41) is 0.793. The third-order valence-electron chi connectivity index (χ3n) is 2.99. The van der Waals surface area contributed by atoms with Crippen LogP contribution in [0.25, 0.3) is 11.1 Å². The SMILES string of the molecule is CN(C)C=NS(=O)(=O)c1cccc(-c2ccc(CBr)cc2)c1. The van der Waals surface area contributed by atoms with Crippen LogP contribution in [0.5, 0.6) is 0 Å². The topological polar surface area (TPSA) is 49.7 Å². The second-order valence-corrected chi connectivity index (χ2v) is 7.21. The van der Waals surface area contributed by atoms with Gasteiger partial charge in [0.2, 0.25) is 0 Å². The molecule has 2 aromatic rings. The molecule has 0 unspecified atom stereocenters. The van der Waals surface area contributed by atoms with Crippen LogP contribution in [0.4, 0.5) is 0 Å². The van der Waals surface area contributed by atoms with E-state index in [1.165, 1.54) is 11.9 Å². The maximum atomic E-state index is 12.2. The molecule has 0 aromatic heterocycles. The summed E-state index contributed by atoms with van der Waals surface area (Å²) in [6, 6.07) is 14.8. The number of halogens is 1. The van der Waals surface area contributed by atoms with Crippen LogP contribution in [0.1, 0.15) is 5.56 Å². The first-order valence-corrected chi connectivity index (χ1v) is 9.21. The second-order valence-electron chi connectivity index (χ2n) is 5.02. The van der Waals surface area contributed by atoms with E-state index in [1.807, 2.05) is 30.3 Å². The molecule has 0 radical (unpaired) electrons. The molecule has 6 heteroatoms. The molecular weight excluding hydrogens is 364 g/mol. The van der Waals surface area contributed by atoms with Crippen molar-refractivity contribution in [1.82, 2.24) is 4.90 Å². The Morgan fingerprint density at radius 3 is 2.36 bits per heavy atom. The van der Waals surface area contributed by atoms with Crippen LogP contribution in [0, 0.1) is 0 Å². The molecule has 0 bridgehead atoms. The quantitative estimate of drug-likeness (QED) is 0.452. The summed E-state index contributed by atoms with van der Waals surface area (Å²) in [4.78, 5) is 1.77. The van der Waals surface area contributed by atoms with Crippen molar-refractivity contribution in [2.24, 2.45) is 4.40 Å². The van der Waals surface area contributed by atoms with Gasteiger partial charge in [0.05, 0.1) is 4.90 Å². The Morgan fingerprint density at radius 1 is 1.09 bits per heavy atom. The molecule has 0 fully saturated rings. The summed E-state index contributed by atoms with van der Waals surface area (Å²) in [6.07, 6.45) is 1.28. The molecule has 2 aromatic carbocycles. The van der Waals surface area contributed by atoms with E-state index in [2.05, 4.69) is 20.3 Å². The summed E-state index contributed by atoms with van der Waals surface area (Å²) >= 11 is 3.41. The molecule has 0 heterocycles. The summed E-state index contributed by atoms with van der Waals surface area (Å²) in [5.41, 5.74) is 2.99. The normalized spacial score (nSPS) is 11.8. The number of rotatable bonds is 5. The van der Waals surface area contributed by atoms with Gasteiger partial charge in [-0.15, -0.1) is 4.40 Å². The fourth-order valence-electron chi connectivity index (χ4n) is 1.84. The molecule has 0 aliphatic heterocycles. The van der Waals surface area contributed by atoms with Gasteiger partial charge < -0.3 is 4.90 Å². The largest absolute Gasteiger partial charge is 0.368 e. The molecule has 0 aliphatic carbocycles. The second kappa shape index (κ2) is 7.07. The first-order chi connectivity index (χ1) is 10.4. The summed E-state index contributed by atoms with van der Waals surface area (Å²) < 4.78 is 28.0. The van der Waals surface area contributed by atoms with Gasteiger partial charge in [-0.25, -0.2) is 0 Å². The van der Waals surface area contributed by atoms with E-state index >= 15 is 0 Å². The number of nitrogens with zero attached hydrogens (tertiary/aromatic N) is 2. The highest BCUT2D eigenvalue weighted by Gasteiger charge is 2.12. The zero-order valence-corrected chi connectivity index (χ0v) is 14.8. The minimum atomic E-state index is -3.68. The van der Waals surface area contributed by atoms with Crippen LogP contribution >= 0.6 is 15.9 Å². The van der Waals surface area contributed by atoms with Gasteiger partial charge in [-0.2, -0.15) is 8.42 Å². The van der Waals surface area contributed by atoms with Gasteiger partial charge in [-0.1, -0.05) is 52.3 Å². The van der Waals surface area contributed by atoms with Crippen LogP contribution in [0.2, 0.25) is 0 Å². The lowest BCUT2D eigenvalue weighted by Crippen LogP contribution is -2.10. The summed E-state index contributed by atoms with van der Waals surface area (Å²) in [5.74, 6) is 0. The molecule has 4 nitrogen and oxygen atoms in total. The van der Waals surface area contributed by atoms with Crippen molar-refractivity contribution < 1.29 is 8.42 Å². The molecule has 2 rings (SSSR count). The monoisotopic (exact) mass is 380 g/mol. The minimum absolute atomic E-state index is 0.188. The van der Waals surface area contributed by atoms with Gasteiger partial charge in [0, 0.05) is 19.4 Å². The van der Waals surface area contributed by atoms with Crippen LogP contribution in [0.3, 0.4) is 0 Å². The predicted molar refractivity (Wildman–Crippen MR) is 93.9 cm³/mol. The molecule has 22 heavy (non-hydrogen) atoms. The number of sulfonamides is 1. The number of alkyl halides is 1. The standard InChI is InChI=1S/C16H17BrN2O2S/c1-19(2)12-18-22(20,21)16-5-3-4-15(10-16)14-8-6-13(11-17)7-9-14/h3-10,12H,11H2,1-2H3. The van der Waals surface area contributed by atoms with Crippen molar-refractivity contribution in [3.05, 3.63) is 54.1 Å². The Labute approximate surface area is 139 Å². The Balaban J connectivity index is 2.37. The van der Waals surface area contributed by atoms with Crippen molar-refractivity contribution in [3.8, 4) is 11.1 Å². The van der Waals surface area contributed by atoms with E-state index in [0.717, 1.165) is 16.5 Å². The van der Waals surface area contributed by atoms with Crippen molar-refractivity contribution in [1.29, 1.82) is 0 Å². The Hall–Kier alpha value is -1.66. The maximum absolute atomic E-state index is 12.2. The number of hydrogen-bond acceptors (Lipinski definition) is 2. The minimum Gasteiger partial charge on any atom is -0.368 e. The molecule has 116 valence electrons. The van der Waals surface area contributed by atoms with Crippen molar-refractivity contribution >= 4 is 32.3 Å². The van der Waals surface area contributed by atoms with Gasteiger partial charge in [0.25, 0.3) is 10.0 Å². The fourth-order valence-corrected chi connectivity index (χ4v) is 3.17. The van der Waals surface area contributed by atoms with Gasteiger partial charge >= 0.3 is 0 Å². The van der Waals surface area contributed by atoms with Gasteiger partial charge in [0.15, 0.2) is 0 Å². The highest BCUT2D eigenvalue weighted by Crippen LogP contribution is 2.24. The Bertz CT molecular complexity index is 769. The van der Waals surface area contributed by atoms with Crippen molar-refractivity contribution in [2.45, 2.75) is 10.2 Å². The third kappa shape index (κ3) is 4.18. The van der Waals surface area contributed by atoms with Crippen LogP contribution in [0.15, 0.2) is 57.8 Å². The molecule has 0 spiro atoms.